The summed E-state index contributed by atoms with van der Waals surface area (Å²) in [6.07, 6.45) is 0.103. The van der Waals surface area contributed by atoms with Gasteiger partial charge in [0.05, 0.1) is 17.2 Å². The van der Waals surface area contributed by atoms with Crippen LogP contribution in [-0.2, 0) is 19.4 Å². The van der Waals surface area contributed by atoms with Gasteiger partial charge in [0.2, 0.25) is 9.84 Å². The molecular formula is C12H13F2NO5S. The highest BCUT2D eigenvalue weighted by atomic mass is 32.2. The zero-order valence-electron chi connectivity index (χ0n) is 10.8. The summed E-state index contributed by atoms with van der Waals surface area (Å²) in [6.45, 7) is 0.00839. The van der Waals surface area contributed by atoms with Gasteiger partial charge in [-0.05, 0) is 12.1 Å². The second kappa shape index (κ2) is 5.57. The normalized spacial score (nSPS) is 22.4. The average molecular weight is 321 g/mol. The molecule has 0 aromatic heterocycles. The highest BCUT2D eigenvalue weighted by Crippen LogP contribution is 2.31. The van der Waals surface area contributed by atoms with Gasteiger partial charge in [-0.2, -0.15) is 8.78 Å². The molecule has 2 N–H and O–H groups in total. The van der Waals surface area contributed by atoms with Crippen molar-refractivity contribution >= 4 is 21.5 Å². The summed E-state index contributed by atoms with van der Waals surface area (Å²) >= 11 is 0. The number of para-hydroxylation sites is 1. The smallest absolute Gasteiger partial charge is 0.341 e. The maximum absolute atomic E-state index is 12.7. The lowest BCUT2D eigenvalue weighted by Crippen LogP contribution is -2.47. The molecule has 21 heavy (non-hydrogen) atoms. The molecule has 0 saturated carbocycles. The van der Waals surface area contributed by atoms with Crippen LogP contribution in [0.3, 0.4) is 0 Å². The predicted molar refractivity (Wildman–Crippen MR) is 69.1 cm³/mol. The van der Waals surface area contributed by atoms with Gasteiger partial charge in [-0.25, -0.2) is 13.2 Å². The number of nitrogens with one attached hydrogen (secondary N) is 1. The molecule has 0 aliphatic carbocycles. The van der Waals surface area contributed by atoms with E-state index in [1.807, 2.05) is 0 Å². The van der Waals surface area contributed by atoms with Crippen molar-refractivity contribution in [3.8, 4) is 0 Å². The summed E-state index contributed by atoms with van der Waals surface area (Å²) in [6, 6.07) is 4.98. The van der Waals surface area contributed by atoms with Crippen LogP contribution in [-0.4, -0.2) is 44.0 Å². The van der Waals surface area contributed by atoms with Crippen LogP contribution in [0, 0.1) is 0 Å². The molecule has 1 fully saturated rings. The minimum atomic E-state index is -4.83. The molecule has 116 valence electrons. The quantitative estimate of drug-likeness (QED) is 0.850. The Bertz CT molecular complexity index is 641. The summed E-state index contributed by atoms with van der Waals surface area (Å²) in [5.41, 5.74) is -1.70. The Morgan fingerprint density at radius 2 is 2.05 bits per heavy atom. The van der Waals surface area contributed by atoms with Crippen molar-refractivity contribution in [2.75, 3.05) is 18.5 Å². The van der Waals surface area contributed by atoms with Crippen molar-refractivity contribution in [1.82, 2.24) is 0 Å². The molecule has 0 spiro atoms. The molecule has 6 nitrogen and oxygen atoms in total. The first-order chi connectivity index (χ1) is 9.79. The van der Waals surface area contributed by atoms with Crippen molar-refractivity contribution in [2.45, 2.75) is 22.6 Å². The highest BCUT2D eigenvalue weighted by molar-refractivity contribution is 7.91. The fourth-order valence-corrected chi connectivity index (χ4v) is 2.94. The van der Waals surface area contributed by atoms with Crippen LogP contribution in [0.4, 0.5) is 14.5 Å². The SMILES string of the molecule is O=C(O)C1(Nc2ccccc2S(=O)(=O)C(F)F)CCOC1. The Kier molecular flexibility index (Phi) is 4.15. The number of ether oxygens (including phenoxy) is 1. The summed E-state index contributed by atoms with van der Waals surface area (Å²) < 4.78 is 53.7. The van der Waals surface area contributed by atoms with Gasteiger partial charge in [0, 0.05) is 13.0 Å². The number of sulfone groups is 1. The minimum Gasteiger partial charge on any atom is -0.479 e. The number of rotatable bonds is 5. The molecule has 1 heterocycles. The number of halogens is 2. The van der Waals surface area contributed by atoms with Crippen molar-refractivity contribution in [1.29, 1.82) is 0 Å². The highest BCUT2D eigenvalue weighted by Gasteiger charge is 2.43. The maximum atomic E-state index is 12.7. The van der Waals surface area contributed by atoms with Gasteiger partial charge in [0.1, 0.15) is 0 Å². The Labute approximate surface area is 119 Å². The van der Waals surface area contributed by atoms with Crippen molar-refractivity contribution in [3.63, 3.8) is 0 Å². The van der Waals surface area contributed by atoms with E-state index in [0.29, 0.717) is 0 Å². The van der Waals surface area contributed by atoms with E-state index in [0.717, 1.165) is 6.07 Å². The molecule has 1 atom stereocenters. The number of carbonyl (C=O) groups is 1. The van der Waals surface area contributed by atoms with Gasteiger partial charge in [-0.3, -0.25) is 0 Å². The van der Waals surface area contributed by atoms with Crippen LogP contribution in [0.5, 0.6) is 0 Å². The molecule has 9 heteroatoms. The van der Waals surface area contributed by atoms with Gasteiger partial charge >= 0.3 is 11.7 Å². The van der Waals surface area contributed by atoms with Crippen LogP contribution in [0.15, 0.2) is 29.2 Å². The van der Waals surface area contributed by atoms with Crippen LogP contribution >= 0.6 is 0 Å². The summed E-state index contributed by atoms with van der Waals surface area (Å²) in [5.74, 6) is -4.81. The van der Waals surface area contributed by atoms with E-state index >= 15 is 0 Å². The number of benzene rings is 1. The van der Waals surface area contributed by atoms with E-state index in [2.05, 4.69) is 5.32 Å². The Balaban J connectivity index is 2.44. The van der Waals surface area contributed by atoms with E-state index in [1.54, 1.807) is 0 Å². The van der Waals surface area contributed by atoms with Crippen LogP contribution < -0.4 is 5.32 Å². The molecular weight excluding hydrogens is 308 g/mol. The first kappa shape index (κ1) is 15.6. The molecule has 1 aliphatic heterocycles. The number of anilines is 1. The number of alkyl halides is 2. The minimum absolute atomic E-state index is 0.103. The third kappa shape index (κ3) is 2.84. The third-order valence-electron chi connectivity index (χ3n) is 3.23. The zero-order valence-corrected chi connectivity index (χ0v) is 11.6. The molecule has 0 amide bonds. The van der Waals surface area contributed by atoms with E-state index < -0.39 is 32.0 Å². The first-order valence-corrected chi connectivity index (χ1v) is 7.55. The maximum Gasteiger partial charge on any atom is 0.341 e. The number of hydrogen-bond donors (Lipinski definition) is 2. The molecule has 1 aliphatic rings. The lowest BCUT2D eigenvalue weighted by Gasteiger charge is -2.26. The standard InChI is InChI=1S/C12H13F2NO5S/c13-11(14)21(18,19)9-4-2-1-3-8(9)15-12(10(16)17)5-6-20-7-12/h1-4,11,15H,5-7H2,(H,16,17). The van der Waals surface area contributed by atoms with Crippen molar-refractivity contribution < 1.29 is 31.8 Å². The van der Waals surface area contributed by atoms with E-state index in [1.165, 1.54) is 18.2 Å². The van der Waals surface area contributed by atoms with Crippen LogP contribution in [0.2, 0.25) is 0 Å². The molecule has 1 saturated heterocycles. The van der Waals surface area contributed by atoms with E-state index in [4.69, 9.17) is 4.74 Å². The van der Waals surface area contributed by atoms with E-state index in [9.17, 15) is 27.1 Å². The Morgan fingerprint density at radius 3 is 2.57 bits per heavy atom. The van der Waals surface area contributed by atoms with Gasteiger partial charge < -0.3 is 15.2 Å². The van der Waals surface area contributed by atoms with E-state index in [-0.39, 0.29) is 25.3 Å². The first-order valence-electron chi connectivity index (χ1n) is 6.00. The summed E-state index contributed by atoms with van der Waals surface area (Å²) in [5, 5.41) is 11.8. The third-order valence-corrected chi connectivity index (χ3v) is 4.67. The predicted octanol–water partition coefficient (Wildman–Crippen LogP) is 1.34. The largest absolute Gasteiger partial charge is 0.479 e. The number of aliphatic carboxylic acids is 1. The van der Waals surface area contributed by atoms with Crippen molar-refractivity contribution in [3.05, 3.63) is 24.3 Å². The molecule has 1 aromatic rings. The molecule has 1 aromatic carbocycles. The molecule has 0 bridgehead atoms. The second-order valence-electron chi connectivity index (χ2n) is 4.62. The van der Waals surface area contributed by atoms with Crippen LogP contribution in [0.25, 0.3) is 0 Å². The van der Waals surface area contributed by atoms with Gasteiger partial charge in [-0.15, -0.1) is 0 Å². The van der Waals surface area contributed by atoms with Crippen molar-refractivity contribution in [2.24, 2.45) is 0 Å². The lowest BCUT2D eigenvalue weighted by molar-refractivity contribution is -0.142. The fraction of sp³-hybridized carbons (Fsp3) is 0.417. The summed E-state index contributed by atoms with van der Waals surface area (Å²) in [7, 11) is -4.83. The molecule has 2 rings (SSSR count). The Morgan fingerprint density at radius 1 is 1.38 bits per heavy atom. The summed E-state index contributed by atoms with van der Waals surface area (Å²) in [4.78, 5) is 10.8. The fourth-order valence-electron chi connectivity index (χ4n) is 2.06. The van der Waals surface area contributed by atoms with Gasteiger partial charge in [0.15, 0.2) is 5.54 Å². The van der Waals surface area contributed by atoms with Gasteiger partial charge in [0.25, 0.3) is 0 Å². The number of hydrogen-bond acceptors (Lipinski definition) is 5. The average Bonchev–Trinajstić information content (AvgIpc) is 2.89. The lowest BCUT2D eigenvalue weighted by atomic mass is 9.98. The monoisotopic (exact) mass is 321 g/mol. The molecule has 0 radical (unpaired) electrons. The molecule has 1 unspecified atom stereocenters. The number of carboxylic acid groups (broad SMARTS) is 1. The zero-order chi connectivity index (χ0) is 15.7. The second-order valence-corrected chi connectivity index (χ2v) is 6.50. The topological polar surface area (TPSA) is 92.7 Å². The van der Waals surface area contributed by atoms with Gasteiger partial charge in [-0.1, -0.05) is 12.1 Å². The Hall–Kier alpha value is -1.74. The van der Waals surface area contributed by atoms with Crippen LogP contribution in [0.1, 0.15) is 6.42 Å². The number of carboxylic acids is 1.